The normalized spacial score (nSPS) is 10.3. The van der Waals surface area contributed by atoms with E-state index in [1.807, 2.05) is 13.0 Å². The Hall–Kier alpha value is -2.30. The molecule has 0 unspecified atom stereocenters. The molecule has 1 aromatic carbocycles. The van der Waals surface area contributed by atoms with Gasteiger partial charge < -0.3 is 14.4 Å². The van der Waals surface area contributed by atoms with Gasteiger partial charge in [0.25, 0.3) is 0 Å². The van der Waals surface area contributed by atoms with Crippen molar-refractivity contribution in [2.75, 3.05) is 7.11 Å². The van der Waals surface area contributed by atoms with Crippen LogP contribution in [0.1, 0.15) is 21.9 Å². The predicted octanol–water partition coefficient (Wildman–Crippen LogP) is 1.73. The number of hydrogen-bond donors (Lipinski definition) is 1. The van der Waals surface area contributed by atoms with E-state index in [4.69, 9.17) is 4.74 Å². The third-order valence-corrected chi connectivity index (χ3v) is 2.70. The molecule has 1 heterocycles. The summed E-state index contributed by atoms with van der Waals surface area (Å²) in [7, 11) is 1.34. The summed E-state index contributed by atoms with van der Waals surface area (Å²) in [5.74, 6) is 0.499. The molecule has 5 nitrogen and oxygen atoms in total. The molecule has 5 heteroatoms. The van der Waals surface area contributed by atoms with Crippen molar-refractivity contribution in [1.82, 2.24) is 9.55 Å². The van der Waals surface area contributed by atoms with Gasteiger partial charge in [-0.3, -0.25) is 0 Å². The van der Waals surface area contributed by atoms with Crippen LogP contribution >= 0.6 is 0 Å². The number of imidazole rings is 1. The first kappa shape index (κ1) is 12.2. The standard InChI is InChI=1S/C13H14N2O3/c1-9-14-7-12(13(17)18-2)15(9)8-10-4-3-5-11(16)6-10/h3-7,16H,8H2,1-2H3. The second-order valence-corrected chi connectivity index (χ2v) is 3.94. The van der Waals surface area contributed by atoms with E-state index in [9.17, 15) is 9.90 Å². The molecule has 2 rings (SSSR count). The molecule has 18 heavy (non-hydrogen) atoms. The van der Waals surface area contributed by atoms with Crippen LogP contribution in [0.4, 0.5) is 0 Å². The SMILES string of the molecule is COC(=O)c1cnc(C)n1Cc1cccc(O)c1. The highest BCUT2D eigenvalue weighted by atomic mass is 16.5. The fourth-order valence-corrected chi connectivity index (χ4v) is 1.77. The Morgan fingerprint density at radius 1 is 1.50 bits per heavy atom. The van der Waals surface area contributed by atoms with Crippen molar-refractivity contribution in [1.29, 1.82) is 0 Å². The number of hydrogen-bond acceptors (Lipinski definition) is 4. The van der Waals surface area contributed by atoms with E-state index in [2.05, 4.69) is 4.98 Å². The third kappa shape index (κ3) is 2.34. The zero-order chi connectivity index (χ0) is 13.1. The second kappa shape index (κ2) is 4.91. The van der Waals surface area contributed by atoms with Gasteiger partial charge in [0.2, 0.25) is 0 Å². The van der Waals surface area contributed by atoms with Gasteiger partial charge in [0.1, 0.15) is 17.3 Å². The molecule has 0 aliphatic rings. The Balaban J connectivity index is 2.34. The van der Waals surface area contributed by atoms with Gasteiger partial charge in [-0.1, -0.05) is 12.1 Å². The molecule has 0 spiro atoms. The number of phenols is 1. The maximum atomic E-state index is 11.6. The Labute approximate surface area is 105 Å². The van der Waals surface area contributed by atoms with Gasteiger partial charge in [-0.15, -0.1) is 0 Å². The van der Waals surface area contributed by atoms with Crippen molar-refractivity contribution in [2.24, 2.45) is 0 Å². The highest BCUT2D eigenvalue weighted by Gasteiger charge is 2.15. The van der Waals surface area contributed by atoms with Crippen LogP contribution in [0.15, 0.2) is 30.5 Å². The second-order valence-electron chi connectivity index (χ2n) is 3.94. The lowest BCUT2D eigenvalue weighted by Gasteiger charge is -2.09. The van der Waals surface area contributed by atoms with Crippen LogP contribution in [-0.2, 0) is 11.3 Å². The maximum absolute atomic E-state index is 11.6. The van der Waals surface area contributed by atoms with Crippen molar-refractivity contribution in [2.45, 2.75) is 13.5 Å². The minimum atomic E-state index is -0.421. The minimum absolute atomic E-state index is 0.199. The van der Waals surface area contributed by atoms with Gasteiger partial charge in [0.05, 0.1) is 13.3 Å². The average molecular weight is 246 g/mol. The van der Waals surface area contributed by atoms with Gasteiger partial charge in [0.15, 0.2) is 0 Å². The average Bonchev–Trinajstić information content (AvgIpc) is 2.70. The van der Waals surface area contributed by atoms with Crippen LogP contribution in [0, 0.1) is 6.92 Å². The Morgan fingerprint density at radius 3 is 2.94 bits per heavy atom. The first-order valence-corrected chi connectivity index (χ1v) is 5.50. The van der Waals surface area contributed by atoms with E-state index in [0.717, 1.165) is 11.4 Å². The fourth-order valence-electron chi connectivity index (χ4n) is 1.77. The molecule has 0 fully saturated rings. The van der Waals surface area contributed by atoms with Crippen LogP contribution in [0.5, 0.6) is 5.75 Å². The summed E-state index contributed by atoms with van der Waals surface area (Å²) in [4.78, 5) is 15.7. The Morgan fingerprint density at radius 2 is 2.28 bits per heavy atom. The highest BCUT2D eigenvalue weighted by molar-refractivity contribution is 5.87. The monoisotopic (exact) mass is 246 g/mol. The third-order valence-electron chi connectivity index (χ3n) is 2.70. The lowest BCUT2D eigenvalue weighted by atomic mass is 10.2. The number of esters is 1. The zero-order valence-corrected chi connectivity index (χ0v) is 10.3. The van der Waals surface area contributed by atoms with E-state index in [-0.39, 0.29) is 5.75 Å². The molecule has 0 aliphatic heterocycles. The zero-order valence-electron chi connectivity index (χ0n) is 10.3. The summed E-state index contributed by atoms with van der Waals surface area (Å²) in [6, 6.07) is 6.89. The van der Waals surface area contributed by atoms with Gasteiger partial charge in [-0.25, -0.2) is 9.78 Å². The summed E-state index contributed by atoms with van der Waals surface area (Å²) >= 11 is 0. The molecule has 1 N–H and O–H groups in total. The van der Waals surface area contributed by atoms with E-state index in [0.29, 0.717) is 12.2 Å². The molecule has 0 atom stereocenters. The van der Waals surface area contributed by atoms with E-state index in [1.54, 1.807) is 22.8 Å². The number of nitrogens with zero attached hydrogens (tertiary/aromatic N) is 2. The van der Waals surface area contributed by atoms with Crippen LogP contribution in [-0.4, -0.2) is 27.7 Å². The van der Waals surface area contributed by atoms with Crippen molar-refractivity contribution in [3.63, 3.8) is 0 Å². The van der Waals surface area contributed by atoms with Crippen LogP contribution in [0.2, 0.25) is 0 Å². The number of rotatable bonds is 3. The fraction of sp³-hybridized carbons (Fsp3) is 0.231. The number of aryl methyl sites for hydroxylation is 1. The summed E-state index contributed by atoms with van der Waals surface area (Å²) in [6.45, 7) is 2.28. The predicted molar refractivity (Wildman–Crippen MR) is 65.5 cm³/mol. The lowest BCUT2D eigenvalue weighted by molar-refractivity contribution is 0.0588. The molecule has 1 aromatic heterocycles. The molecular weight excluding hydrogens is 232 g/mol. The van der Waals surface area contributed by atoms with Gasteiger partial charge in [0, 0.05) is 6.54 Å². The number of aromatic hydroxyl groups is 1. The molecule has 0 aliphatic carbocycles. The number of ether oxygens (including phenoxy) is 1. The summed E-state index contributed by atoms with van der Waals surface area (Å²) in [6.07, 6.45) is 1.49. The summed E-state index contributed by atoms with van der Waals surface area (Å²) < 4.78 is 6.45. The van der Waals surface area contributed by atoms with Gasteiger partial charge >= 0.3 is 5.97 Å². The van der Waals surface area contributed by atoms with Crippen molar-refractivity contribution in [3.05, 3.63) is 47.5 Å². The Bertz CT molecular complexity index is 575. The van der Waals surface area contributed by atoms with E-state index < -0.39 is 5.97 Å². The number of aromatic nitrogens is 2. The molecule has 0 bridgehead atoms. The number of carbonyl (C=O) groups excluding carboxylic acids is 1. The number of benzene rings is 1. The van der Waals surface area contributed by atoms with E-state index >= 15 is 0 Å². The Kier molecular flexibility index (Phi) is 3.32. The van der Waals surface area contributed by atoms with Crippen LogP contribution in [0.3, 0.4) is 0 Å². The molecule has 94 valence electrons. The molecular formula is C13H14N2O3. The topological polar surface area (TPSA) is 64.3 Å². The molecule has 0 saturated carbocycles. The smallest absolute Gasteiger partial charge is 0.356 e. The van der Waals surface area contributed by atoms with Crippen LogP contribution < -0.4 is 0 Å². The maximum Gasteiger partial charge on any atom is 0.356 e. The largest absolute Gasteiger partial charge is 0.508 e. The summed E-state index contributed by atoms with van der Waals surface area (Å²) in [5.41, 5.74) is 1.29. The molecule has 0 saturated heterocycles. The summed E-state index contributed by atoms with van der Waals surface area (Å²) in [5, 5.41) is 9.42. The minimum Gasteiger partial charge on any atom is -0.508 e. The first-order valence-electron chi connectivity index (χ1n) is 5.50. The quantitative estimate of drug-likeness (QED) is 0.838. The van der Waals surface area contributed by atoms with Crippen molar-refractivity contribution < 1.29 is 14.6 Å². The van der Waals surface area contributed by atoms with Crippen molar-refractivity contribution in [3.8, 4) is 5.75 Å². The van der Waals surface area contributed by atoms with Gasteiger partial charge in [-0.05, 0) is 24.6 Å². The van der Waals surface area contributed by atoms with Crippen molar-refractivity contribution >= 4 is 5.97 Å². The number of phenolic OH excluding ortho intramolecular Hbond substituents is 1. The first-order chi connectivity index (χ1) is 8.61. The molecule has 0 radical (unpaired) electrons. The molecule has 2 aromatic rings. The van der Waals surface area contributed by atoms with Crippen LogP contribution in [0.25, 0.3) is 0 Å². The number of methoxy groups -OCH3 is 1. The highest BCUT2D eigenvalue weighted by Crippen LogP contribution is 2.15. The molecule has 0 amide bonds. The lowest BCUT2D eigenvalue weighted by Crippen LogP contribution is -2.12. The van der Waals surface area contributed by atoms with Gasteiger partial charge in [-0.2, -0.15) is 0 Å². The number of carbonyl (C=O) groups is 1. The van der Waals surface area contributed by atoms with E-state index in [1.165, 1.54) is 13.3 Å².